The molecule has 2 unspecified atom stereocenters. The highest BCUT2D eigenvalue weighted by Crippen LogP contribution is 2.32. The normalized spacial score (nSPS) is 31.5. The highest BCUT2D eigenvalue weighted by molar-refractivity contribution is 6.22. The van der Waals surface area contributed by atoms with Crippen LogP contribution in [0.5, 0.6) is 0 Å². The fourth-order valence-corrected chi connectivity index (χ4v) is 1.85. The summed E-state index contributed by atoms with van der Waals surface area (Å²) in [4.78, 5) is 0. The van der Waals surface area contributed by atoms with Gasteiger partial charge in [0.1, 0.15) is 18.5 Å². The van der Waals surface area contributed by atoms with Gasteiger partial charge in [0.25, 0.3) is 0 Å². The molecule has 0 spiro atoms. The summed E-state index contributed by atoms with van der Waals surface area (Å²) in [6.45, 7) is 2.50. The second-order valence-electron chi connectivity index (χ2n) is 3.58. The van der Waals surface area contributed by atoms with E-state index in [1.807, 2.05) is 6.92 Å². The van der Waals surface area contributed by atoms with Crippen LogP contribution in [0.4, 0.5) is 0 Å². The number of hydrogen-bond donors (Lipinski definition) is 1. The number of ether oxygens (including phenoxy) is 2. The number of aliphatic hydroxyl groups is 1. The SMILES string of the molecule is CC1COC2=C(C=C(CO)C(Cl)C2)O1. The van der Waals surface area contributed by atoms with E-state index in [0.717, 1.165) is 17.1 Å². The minimum Gasteiger partial charge on any atom is -0.490 e. The number of rotatable bonds is 1. The van der Waals surface area contributed by atoms with Crippen molar-refractivity contribution in [2.45, 2.75) is 24.8 Å². The first kappa shape index (κ1) is 9.87. The summed E-state index contributed by atoms with van der Waals surface area (Å²) in [5.74, 6) is 1.53. The van der Waals surface area contributed by atoms with Crippen molar-refractivity contribution in [1.29, 1.82) is 0 Å². The van der Waals surface area contributed by atoms with Gasteiger partial charge < -0.3 is 14.6 Å². The number of alkyl halides is 1. The monoisotopic (exact) mass is 216 g/mol. The van der Waals surface area contributed by atoms with Crippen LogP contribution in [0.1, 0.15) is 13.3 Å². The molecule has 0 radical (unpaired) electrons. The molecule has 0 bridgehead atoms. The van der Waals surface area contributed by atoms with E-state index in [-0.39, 0.29) is 18.1 Å². The molecular formula is C10H13ClO3. The summed E-state index contributed by atoms with van der Waals surface area (Å²) in [6, 6.07) is 0. The van der Waals surface area contributed by atoms with Crippen LogP contribution >= 0.6 is 11.6 Å². The molecule has 0 fully saturated rings. The van der Waals surface area contributed by atoms with Crippen molar-refractivity contribution in [3.05, 3.63) is 23.2 Å². The Balaban J connectivity index is 2.23. The zero-order valence-electron chi connectivity index (χ0n) is 8.00. The smallest absolute Gasteiger partial charge is 0.157 e. The molecule has 0 saturated heterocycles. The van der Waals surface area contributed by atoms with Crippen LogP contribution in [0.2, 0.25) is 0 Å². The first-order chi connectivity index (χ1) is 6.70. The summed E-state index contributed by atoms with van der Waals surface area (Å²) >= 11 is 6.04. The Morgan fingerprint density at radius 2 is 2.43 bits per heavy atom. The van der Waals surface area contributed by atoms with Gasteiger partial charge in [0.2, 0.25) is 0 Å². The van der Waals surface area contributed by atoms with E-state index >= 15 is 0 Å². The van der Waals surface area contributed by atoms with Crippen molar-refractivity contribution >= 4 is 11.6 Å². The molecule has 3 nitrogen and oxygen atoms in total. The van der Waals surface area contributed by atoms with Gasteiger partial charge in [-0.05, 0) is 18.6 Å². The van der Waals surface area contributed by atoms with Crippen LogP contribution in [0, 0.1) is 0 Å². The maximum Gasteiger partial charge on any atom is 0.157 e. The topological polar surface area (TPSA) is 38.7 Å². The highest BCUT2D eigenvalue weighted by Gasteiger charge is 2.27. The first-order valence-corrected chi connectivity index (χ1v) is 5.12. The predicted molar refractivity (Wildman–Crippen MR) is 53.0 cm³/mol. The Hall–Kier alpha value is -0.670. The van der Waals surface area contributed by atoms with Gasteiger partial charge in [0, 0.05) is 6.42 Å². The van der Waals surface area contributed by atoms with E-state index in [0.29, 0.717) is 13.0 Å². The Labute approximate surface area is 88.0 Å². The number of allylic oxidation sites excluding steroid dienone is 2. The van der Waals surface area contributed by atoms with Crippen molar-refractivity contribution in [3.63, 3.8) is 0 Å². The standard InChI is InChI=1S/C10H13ClO3/c1-6-5-13-9-3-8(11)7(4-12)2-10(9)14-6/h2,6,8,12H,3-5H2,1H3. The number of halogens is 1. The van der Waals surface area contributed by atoms with Gasteiger partial charge in [-0.25, -0.2) is 0 Å². The quantitative estimate of drug-likeness (QED) is 0.677. The Morgan fingerprint density at radius 3 is 3.14 bits per heavy atom. The molecule has 1 heterocycles. The van der Waals surface area contributed by atoms with Crippen LogP contribution < -0.4 is 0 Å². The molecule has 0 saturated carbocycles. The van der Waals surface area contributed by atoms with Gasteiger partial charge in [0.15, 0.2) is 5.76 Å². The zero-order chi connectivity index (χ0) is 10.1. The molecule has 2 atom stereocenters. The van der Waals surface area contributed by atoms with Gasteiger partial charge in [-0.3, -0.25) is 0 Å². The van der Waals surface area contributed by atoms with Crippen molar-refractivity contribution < 1.29 is 14.6 Å². The fraction of sp³-hybridized carbons (Fsp3) is 0.600. The molecule has 1 N–H and O–H groups in total. The summed E-state index contributed by atoms with van der Waals surface area (Å²) < 4.78 is 11.1. The molecule has 4 heteroatoms. The average Bonchev–Trinajstić information content (AvgIpc) is 2.17. The molecule has 1 aliphatic heterocycles. The molecule has 1 aliphatic carbocycles. The minimum atomic E-state index is -0.171. The molecule has 2 aliphatic rings. The zero-order valence-corrected chi connectivity index (χ0v) is 8.75. The fourth-order valence-electron chi connectivity index (χ4n) is 1.58. The van der Waals surface area contributed by atoms with Crippen LogP contribution in [-0.4, -0.2) is 29.8 Å². The van der Waals surface area contributed by atoms with E-state index < -0.39 is 0 Å². The van der Waals surface area contributed by atoms with Crippen LogP contribution in [0.3, 0.4) is 0 Å². The van der Waals surface area contributed by atoms with Gasteiger partial charge in [-0.2, -0.15) is 0 Å². The van der Waals surface area contributed by atoms with Gasteiger partial charge in [0.05, 0.1) is 12.0 Å². The average molecular weight is 217 g/mol. The number of aliphatic hydroxyl groups excluding tert-OH is 1. The summed E-state index contributed by atoms with van der Waals surface area (Å²) in [5, 5.41) is 8.88. The number of hydrogen-bond acceptors (Lipinski definition) is 3. The van der Waals surface area contributed by atoms with Crippen LogP contribution in [-0.2, 0) is 9.47 Å². The minimum absolute atomic E-state index is 0.0251. The van der Waals surface area contributed by atoms with E-state index in [4.69, 9.17) is 26.2 Å². The summed E-state index contributed by atoms with van der Waals surface area (Å²) in [5.41, 5.74) is 0.795. The Bertz CT molecular complexity index is 296. The van der Waals surface area contributed by atoms with E-state index in [1.165, 1.54) is 0 Å². The van der Waals surface area contributed by atoms with Gasteiger partial charge in [-0.15, -0.1) is 11.6 Å². The van der Waals surface area contributed by atoms with E-state index in [1.54, 1.807) is 6.08 Å². The Kier molecular flexibility index (Phi) is 2.70. The molecule has 0 amide bonds. The maximum absolute atomic E-state index is 9.05. The lowest BCUT2D eigenvalue weighted by Gasteiger charge is -2.30. The van der Waals surface area contributed by atoms with Crippen molar-refractivity contribution in [1.82, 2.24) is 0 Å². The summed E-state index contributed by atoms with van der Waals surface area (Å²) in [7, 11) is 0. The van der Waals surface area contributed by atoms with Gasteiger partial charge >= 0.3 is 0 Å². The Morgan fingerprint density at radius 1 is 1.64 bits per heavy atom. The van der Waals surface area contributed by atoms with E-state index in [2.05, 4.69) is 0 Å². The lowest BCUT2D eigenvalue weighted by atomic mass is 10.0. The predicted octanol–water partition coefficient (Wildman–Crippen LogP) is 1.56. The second-order valence-corrected chi connectivity index (χ2v) is 4.10. The van der Waals surface area contributed by atoms with Crippen molar-refractivity contribution in [2.75, 3.05) is 13.2 Å². The van der Waals surface area contributed by atoms with Crippen molar-refractivity contribution in [2.24, 2.45) is 0 Å². The van der Waals surface area contributed by atoms with Crippen LogP contribution in [0.15, 0.2) is 23.2 Å². The molecule has 0 aromatic carbocycles. The molecule has 0 aromatic heterocycles. The lowest BCUT2D eigenvalue weighted by molar-refractivity contribution is 0.00772. The van der Waals surface area contributed by atoms with Gasteiger partial charge in [-0.1, -0.05) is 0 Å². The second kappa shape index (κ2) is 3.83. The third-order valence-electron chi connectivity index (χ3n) is 2.36. The molecule has 78 valence electrons. The molecule has 2 rings (SSSR count). The maximum atomic E-state index is 9.05. The lowest BCUT2D eigenvalue weighted by Crippen LogP contribution is -2.26. The largest absolute Gasteiger partial charge is 0.490 e. The third-order valence-corrected chi connectivity index (χ3v) is 2.80. The molecule has 14 heavy (non-hydrogen) atoms. The highest BCUT2D eigenvalue weighted by atomic mass is 35.5. The molecule has 0 aromatic rings. The van der Waals surface area contributed by atoms with Crippen molar-refractivity contribution in [3.8, 4) is 0 Å². The third kappa shape index (κ3) is 1.74. The van der Waals surface area contributed by atoms with Crippen LogP contribution in [0.25, 0.3) is 0 Å². The summed E-state index contributed by atoms with van der Waals surface area (Å²) in [6.07, 6.45) is 2.46. The van der Waals surface area contributed by atoms with E-state index in [9.17, 15) is 0 Å². The molecular weight excluding hydrogens is 204 g/mol. The first-order valence-electron chi connectivity index (χ1n) is 4.68.